The van der Waals surface area contributed by atoms with Crippen LogP contribution >= 0.6 is 0 Å². The fourth-order valence-electron chi connectivity index (χ4n) is 4.79. The highest BCUT2D eigenvalue weighted by atomic mass is 16.6. The molecule has 1 saturated carbocycles. The first-order chi connectivity index (χ1) is 15.7. The topological polar surface area (TPSA) is 103 Å². The van der Waals surface area contributed by atoms with Gasteiger partial charge in [0.05, 0.1) is 19.4 Å². The maximum Gasteiger partial charge on any atom is 0.410 e. The molecule has 2 aliphatic rings. The zero-order valence-electron chi connectivity index (χ0n) is 19.9. The molecule has 3 heterocycles. The lowest BCUT2D eigenvalue weighted by Crippen LogP contribution is -2.36. The molecule has 0 spiro atoms. The second kappa shape index (κ2) is 9.03. The molecule has 9 nitrogen and oxygen atoms in total. The minimum Gasteiger partial charge on any atom is -0.481 e. The molecule has 2 fully saturated rings. The number of hydrogen-bond acceptors (Lipinski definition) is 8. The minimum absolute atomic E-state index is 0.168. The molecule has 33 heavy (non-hydrogen) atoms. The maximum atomic E-state index is 12.6. The van der Waals surface area contributed by atoms with E-state index in [0.29, 0.717) is 47.7 Å². The number of methoxy groups -OCH3 is 1. The molecule has 0 radical (unpaired) electrons. The van der Waals surface area contributed by atoms with Crippen molar-refractivity contribution in [2.24, 2.45) is 11.8 Å². The number of pyridine rings is 2. The lowest BCUT2D eigenvalue weighted by Gasteiger charge is -2.25. The fourth-order valence-corrected chi connectivity index (χ4v) is 4.79. The molecule has 2 aromatic rings. The monoisotopic (exact) mass is 456 g/mol. The lowest BCUT2D eigenvalue weighted by atomic mass is 10.0. The molecule has 0 aromatic carbocycles. The number of amides is 1. The molecule has 1 N–H and O–H groups in total. The summed E-state index contributed by atoms with van der Waals surface area (Å²) >= 11 is 0. The van der Waals surface area contributed by atoms with E-state index in [1.807, 2.05) is 31.7 Å². The van der Waals surface area contributed by atoms with Gasteiger partial charge in [-0.15, -0.1) is 0 Å². The Morgan fingerprint density at radius 2 is 1.88 bits per heavy atom. The first-order valence-corrected chi connectivity index (χ1v) is 11.4. The van der Waals surface area contributed by atoms with Crippen LogP contribution in [-0.4, -0.2) is 65.4 Å². The molecule has 0 bridgehead atoms. The molecule has 2 aromatic heterocycles. The van der Waals surface area contributed by atoms with Gasteiger partial charge in [-0.05, 0) is 58.4 Å². The Hall–Kier alpha value is -3.10. The van der Waals surface area contributed by atoms with Crippen molar-refractivity contribution in [3.63, 3.8) is 0 Å². The number of rotatable bonds is 5. The van der Waals surface area contributed by atoms with Crippen LogP contribution < -0.4 is 10.1 Å². The summed E-state index contributed by atoms with van der Waals surface area (Å²) in [5.74, 6) is 0.835. The van der Waals surface area contributed by atoms with Crippen molar-refractivity contribution < 1.29 is 23.8 Å². The standard InChI is InChI=1S/C24H32N4O5/c1-6-32-22(29)18-11-25-21-17(7-8-19(27-21)31-5)20(18)26-16-9-14-12-28(13-15(14)10-16)23(30)33-24(2,3)4/h7-8,11,14-16H,6,9-10,12-13H2,1-5H3,(H,25,26,27). The summed E-state index contributed by atoms with van der Waals surface area (Å²) in [6.45, 7) is 9.09. The number of ether oxygens (including phenoxy) is 3. The van der Waals surface area contributed by atoms with Gasteiger partial charge in [-0.25, -0.2) is 14.6 Å². The average Bonchev–Trinajstić information content (AvgIpc) is 3.31. The molecule has 4 rings (SSSR count). The zero-order chi connectivity index (χ0) is 23.8. The minimum atomic E-state index is -0.499. The number of anilines is 1. The predicted octanol–water partition coefficient (Wildman–Crippen LogP) is 3.87. The van der Waals surface area contributed by atoms with Gasteiger partial charge in [-0.2, -0.15) is 4.98 Å². The highest BCUT2D eigenvalue weighted by molar-refractivity contribution is 6.04. The van der Waals surface area contributed by atoms with Gasteiger partial charge < -0.3 is 24.4 Å². The Kier molecular flexibility index (Phi) is 6.32. The van der Waals surface area contributed by atoms with Gasteiger partial charge in [0.1, 0.15) is 11.2 Å². The van der Waals surface area contributed by atoms with E-state index in [9.17, 15) is 9.59 Å². The highest BCUT2D eigenvalue weighted by Crippen LogP contribution is 2.41. The molecular formula is C24H32N4O5. The van der Waals surface area contributed by atoms with E-state index in [1.54, 1.807) is 20.1 Å². The zero-order valence-corrected chi connectivity index (χ0v) is 19.9. The molecular weight excluding hydrogens is 424 g/mol. The summed E-state index contributed by atoms with van der Waals surface area (Å²) < 4.78 is 16.0. The first kappa shape index (κ1) is 23.1. The van der Waals surface area contributed by atoms with Crippen LogP contribution in [-0.2, 0) is 9.47 Å². The quantitative estimate of drug-likeness (QED) is 0.677. The van der Waals surface area contributed by atoms with Crippen molar-refractivity contribution in [2.45, 2.75) is 52.2 Å². The largest absolute Gasteiger partial charge is 0.481 e. The summed E-state index contributed by atoms with van der Waals surface area (Å²) in [4.78, 5) is 35.7. The maximum absolute atomic E-state index is 12.6. The normalized spacial score (nSPS) is 22.2. The second-order valence-corrected chi connectivity index (χ2v) is 9.71. The highest BCUT2D eigenvalue weighted by Gasteiger charge is 2.43. The second-order valence-electron chi connectivity index (χ2n) is 9.71. The van der Waals surface area contributed by atoms with Crippen LogP contribution in [0.2, 0.25) is 0 Å². The van der Waals surface area contributed by atoms with Crippen molar-refractivity contribution in [3.8, 4) is 5.88 Å². The first-order valence-electron chi connectivity index (χ1n) is 11.4. The van der Waals surface area contributed by atoms with Crippen LogP contribution in [0.25, 0.3) is 11.0 Å². The molecule has 178 valence electrons. The fraction of sp³-hybridized carbons (Fsp3) is 0.583. The van der Waals surface area contributed by atoms with Gasteiger partial charge >= 0.3 is 12.1 Å². The number of likely N-dealkylation sites (tertiary alicyclic amines) is 1. The molecule has 1 aliphatic carbocycles. The predicted molar refractivity (Wildman–Crippen MR) is 123 cm³/mol. The third-order valence-electron chi connectivity index (χ3n) is 6.16. The van der Waals surface area contributed by atoms with Crippen molar-refractivity contribution in [2.75, 3.05) is 32.1 Å². The van der Waals surface area contributed by atoms with Gasteiger partial charge in [-0.1, -0.05) is 0 Å². The van der Waals surface area contributed by atoms with E-state index in [4.69, 9.17) is 14.2 Å². The number of aromatic nitrogens is 2. The van der Waals surface area contributed by atoms with E-state index in [0.717, 1.165) is 18.2 Å². The molecule has 1 aliphatic heterocycles. The van der Waals surface area contributed by atoms with Crippen LogP contribution in [0.5, 0.6) is 5.88 Å². The lowest BCUT2D eigenvalue weighted by molar-refractivity contribution is 0.0279. The smallest absolute Gasteiger partial charge is 0.410 e. The van der Waals surface area contributed by atoms with Gasteiger partial charge in [0.15, 0.2) is 5.65 Å². The third kappa shape index (κ3) is 4.96. The molecule has 1 saturated heterocycles. The summed E-state index contributed by atoms with van der Waals surface area (Å²) in [7, 11) is 1.55. The Labute approximate surface area is 193 Å². The molecule has 1 amide bonds. The summed E-state index contributed by atoms with van der Waals surface area (Å²) in [6.07, 6.45) is 3.07. The van der Waals surface area contributed by atoms with E-state index in [1.165, 1.54) is 6.20 Å². The SMILES string of the molecule is CCOC(=O)c1cnc2nc(OC)ccc2c1NC1CC2CN(C(=O)OC(C)(C)C)CC2C1. The van der Waals surface area contributed by atoms with Gasteiger partial charge in [0, 0.05) is 36.8 Å². The molecule has 2 atom stereocenters. The van der Waals surface area contributed by atoms with E-state index < -0.39 is 11.6 Å². The Balaban J connectivity index is 1.52. The summed E-state index contributed by atoms with van der Waals surface area (Å²) in [5.41, 5.74) is 1.08. The number of nitrogens with one attached hydrogen (secondary N) is 1. The van der Waals surface area contributed by atoms with E-state index >= 15 is 0 Å². The van der Waals surface area contributed by atoms with Crippen LogP contribution in [0.4, 0.5) is 10.5 Å². The van der Waals surface area contributed by atoms with Crippen molar-refractivity contribution in [3.05, 3.63) is 23.9 Å². The van der Waals surface area contributed by atoms with Crippen molar-refractivity contribution in [1.29, 1.82) is 0 Å². The number of carbonyl (C=O) groups excluding carboxylic acids is 2. The number of nitrogens with zero attached hydrogens (tertiary/aromatic N) is 3. The summed E-state index contributed by atoms with van der Waals surface area (Å²) in [6, 6.07) is 3.78. The number of carbonyl (C=O) groups is 2. The van der Waals surface area contributed by atoms with E-state index in [2.05, 4.69) is 15.3 Å². The number of hydrogen-bond donors (Lipinski definition) is 1. The third-order valence-corrected chi connectivity index (χ3v) is 6.16. The van der Waals surface area contributed by atoms with Gasteiger partial charge in [-0.3, -0.25) is 0 Å². The van der Waals surface area contributed by atoms with Crippen molar-refractivity contribution >= 4 is 28.8 Å². The number of esters is 1. The van der Waals surface area contributed by atoms with Crippen LogP contribution in [0.1, 0.15) is 50.9 Å². The average molecular weight is 457 g/mol. The van der Waals surface area contributed by atoms with E-state index in [-0.39, 0.29) is 18.7 Å². The van der Waals surface area contributed by atoms with Crippen LogP contribution in [0, 0.1) is 11.8 Å². The van der Waals surface area contributed by atoms with Crippen LogP contribution in [0.15, 0.2) is 18.3 Å². The Morgan fingerprint density at radius 3 is 2.48 bits per heavy atom. The Morgan fingerprint density at radius 1 is 1.18 bits per heavy atom. The van der Waals surface area contributed by atoms with Crippen molar-refractivity contribution in [1.82, 2.24) is 14.9 Å². The van der Waals surface area contributed by atoms with Crippen LogP contribution in [0.3, 0.4) is 0 Å². The Bertz CT molecular complexity index is 1040. The molecule has 2 unspecified atom stereocenters. The van der Waals surface area contributed by atoms with Gasteiger partial charge in [0.25, 0.3) is 0 Å². The summed E-state index contributed by atoms with van der Waals surface area (Å²) in [5, 5.41) is 4.33. The van der Waals surface area contributed by atoms with Gasteiger partial charge in [0.2, 0.25) is 5.88 Å². The molecule has 9 heteroatoms. The number of fused-ring (bicyclic) bond motifs is 2.